The Morgan fingerprint density at radius 1 is 0.864 bits per heavy atom. The molecule has 0 rings (SSSR count). The summed E-state index contributed by atoms with van der Waals surface area (Å²) in [6, 6.07) is 0. The Labute approximate surface area is 132 Å². The van der Waals surface area contributed by atoms with Crippen molar-refractivity contribution in [2.24, 2.45) is 0 Å². The van der Waals surface area contributed by atoms with E-state index in [2.05, 4.69) is 55.5 Å². The molecule has 0 amide bonds. The summed E-state index contributed by atoms with van der Waals surface area (Å²) >= 11 is 0. The molecular weight excluding hydrogens is 288 g/mol. The number of carboxylic acids is 1. The third-order valence-electron chi connectivity index (χ3n) is 1.47. The summed E-state index contributed by atoms with van der Waals surface area (Å²) in [6.07, 6.45) is -0.464. The van der Waals surface area contributed by atoms with Crippen LogP contribution in [0.25, 0.3) is 0 Å². The SMILES string of the molecule is C=C.C=C.C=C.C=C(C)C(=O)OCCOC(=O)CCC(=O)O. The first-order chi connectivity index (χ1) is 10.4. The van der Waals surface area contributed by atoms with Gasteiger partial charge in [0.15, 0.2) is 0 Å². The van der Waals surface area contributed by atoms with Gasteiger partial charge in [0.05, 0.1) is 12.8 Å². The van der Waals surface area contributed by atoms with Crippen LogP contribution in [-0.2, 0) is 23.9 Å². The van der Waals surface area contributed by atoms with Gasteiger partial charge in [-0.1, -0.05) is 6.58 Å². The molecule has 22 heavy (non-hydrogen) atoms. The highest BCUT2D eigenvalue weighted by molar-refractivity contribution is 5.86. The Morgan fingerprint density at radius 3 is 1.64 bits per heavy atom. The molecule has 1 N–H and O–H groups in total. The summed E-state index contributed by atoms with van der Waals surface area (Å²) in [5.41, 5.74) is 0.261. The van der Waals surface area contributed by atoms with Gasteiger partial charge >= 0.3 is 17.9 Å². The maximum absolute atomic E-state index is 10.9. The number of carbonyl (C=O) groups is 3. The van der Waals surface area contributed by atoms with E-state index in [1.54, 1.807) is 0 Å². The quantitative estimate of drug-likeness (QED) is 0.336. The first kappa shape index (κ1) is 27.7. The molecule has 0 heterocycles. The number of hydrogen-bond acceptors (Lipinski definition) is 5. The lowest BCUT2D eigenvalue weighted by atomic mass is 10.3. The Morgan fingerprint density at radius 2 is 1.27 bits per heavy atom. The first-order valence-electron chi connectivity index (χ1n) is 6.13. The summed E-state index contributed by atoms with van der Waals surface area (Å²) in [6.45, 7) is 22.7. The van der Waals surface area contributed by atoms with Gasteiger partial charge in [0.2, 0.25) is 0 Å². The molecule has 0 aromatic heterocycles. The monoisotopic (exact) mass is 314 g/mol. The van der Waals surface area contributed by atoms with Crippen LogP contribution in [0.3, 0.4) is 0 Å². The Bertz CT molecular complexity index is 331. The average molecular weight is 314 g/mol. The molecule has 0 atom stereocenters. The molecule has 0 bridgehead atoms. The molecule has 6 heteroatoms. The van der Waals surface area contributed by atoms with E-state index in [0.717, 1.165) is 0 Å². The predicted octanol–water partition coefficient (Wildman–Crippen LogP) is 2.92. The summed E-state index contributed by atoms with van der Waals surface area (Å²) in [5.74, 6) is -2.25. The number of carbonyl (C=O) groups excluding carboxylic acids is 2. The smallest absolute Gasteiger partial charge is 0.333 e. The molecule has 0 unspecified atom stereocenters. The molecule has 0 saturated carbocycles. The molecule has 0 fully saturated rings. The molecule has 0 spiro atoms. The van der Waals surface area contributed by atoms with Gasteiger partial charge in [-0.3, -0.25) is 9.59 Å². The van der Waals surface area contributed by atoms with Gasteiger partial charge in [-0.15, -0.1) is 39.5 Å². The van der Waals surface area contributed by atoms with Crippen molar-refractivity contribution in [3.05, 3.63) is 51.6 Å². The number of esters is 2. The minimum absolute atomic E-state index is 0.0650. The van der Waals surface area contributed by atoms with Gasteiger partial charge in [-0.25, -0.2) is 4.79 Å². The van der Waals surface area contributed by atoms with Crippen LogP contribution in [0.4, 0.5) is 0 Å². The van der Waals surface area contributed by atoms with Gasteiger partial charge in [0.25, 0.3) is 0 Å². The third kappa shape index (κ3) is 26.0. The highest BCUT2D eigenvalue weighted by Crippen LogP contribution is 1.95. The molecule has 126 valence electrons. The average Bonchev–Trinajstić information content (AvgIpc) is 2.55. The van der Waals surface area contributed by atoms with E-state index in [-0.39, 0.29) is 31.6 Å². The first-order valence-corrected chi connectivity index (χ1v) is 6.13. The van der Waals surface area contributed by atoms with Crippen molar-refractivity contribution in [3.63, 3.8) is 0 Å². The van der Waals surface area contributed by atoms with Gasteiger partial charge in [0.1, 0.15) is 13.2 Å². The molecule has 0 aromatic carbocycles. The van der Waals surface area contributed by atoms with Crippen LogP contribution in [-0.4, -0.2) is 36.2 Å². The molecule has 0 saturated heterocycles. The van der Waals surface area contributed by atoms with Crippen LogP contribution in [0, 0.1) is 0 Å². The van der Waals surface area contributed by atoms with Gasteiger partial charge in [-0.2, -0.15) is 0 Å². The molecule has 0 aliphatic heterocycles. The van der Waals surface area contributed by atoms with Crippen molar-refractivity contribution in [2.75, 3.05) is 13.2 Å². The fourth-order valence-electron chi connectivity index (χ4n) is 0.694. The van der Waals surface area contributed by atoms with Gasteiger partial charge in [-0.05, 0) is 6.92 Å². The Kier molecular flexibility index (Phi) is 29.5. The normalized spacial score (nSPS) is 7.32. The van der Waals surface area contributed by atoms with Crippen LogP contribution in [0.15, 0.2) is 51.6 Å². The van der Waals surface area contributed by atoms with Crippen molar-refractivity contribution in [2.45, 2.75) is 19.8 Å². The summed E-state index contributed by atoms with van der Waals surface area (Å²) in [4.78, 5) is 31.9. The van der Waals surface area contributed by atoms with Crippen LogP contribution in [0.5, 0.6) is 0 Å². The Balaban J connectivity index is -0.000000238. The van der Waals surface area contributed by atoms with E-state index < -0.39 is 17.9 Å². The zero-order chi connectivity index (χ0) is 18.6. The predicted molar refractivity (Wildman–Crippen MR) is 87.4 cm³/mol. The van der Waals surface area contributed by atoms with Crippen LogP contribution in [0.2, 0.25) is 0 Å². The van der Waals surface area contributed by atoms with E-state index in [1.807, 2.05) is 0 Å². The van der Waals surface area contributed by atoms with Crippen LogP contribution >= 0.6 is 0 Å². The van der Waals surface area contributed by atoms with E-state index in [0.29, 0.717) is 0 Å². The lowest BCUT2D eigenvalue weighted by molar-refractivity contribution is -0.151. The van der Waals surface area contributed by atoms with Crippen molar-refractivity contribution in [1.82, 2.24) is 0 Å². The second-order valence-corrected chi connectivity index (χ2v) is 3.03. The fourth-order valence-corrected chi connectivity index (χ4v) is 0.694. The molecular formula is C16H26O6. The third-order valence-corrected chi connectivity index (χ3v) is 1.47. The maximum atomic E-state index is 10.9. The molecule has 0 aromatic rings. The molecule has 0 aliphatic carbocycles. The lowest BCUT2D eigenvalue weighted by Gasteiger charge is -2.05. The number of ether oxygens (including phenoxy) is 2. The lowest BCUT2D eigenvalue weighted by Crippen LogP contribution is -2.14. The number of hydrogen-bond donors (Lipinski definition) is 1. The van der Waals surface area contributed by atoms with E-state index in [9.17, 15) is 14.4 Å². The maximum Gasteiger partial charge on any atom is 0.333 e. The topological polar surface area (TPSA) is 89.9 Å². The largest absolute Gasteiger partial charge is 0.481 e. The summed E-state index contributed by atoms with van der Waals surface area (Å²) in [5, 5.41) is 8.28. The zero-order valence-electron chi connectivity index (χ0n) is 13.3. The van der Waals surface area contributed by atoms with E-state index in [1.165, 1.54) is 6.92 Å². The van der Waals surface area contributed by atoms with E-state index >= 15 is 0 Å². The van der Waals surface area contributed by atoms with Crippen LogP contribution in [0.1, 0.15) is 19.8 Å². The highest BCUT2D eigenvalue weighted by atomic mass is 16.6. The number of rotatable bonds is 7. The number of carboxylic acid groups (broad SMARTS) is 1. The van der Waals surface area contributed by atoms with Crippen molar-refractivity contribution in [1.29, 1.82) is 0 Å². The van der Waals surface area contributed by atoms with Gasteiger partial charge < -0.3 is 14.6 Å². The molecule has 0 aliphatic rings. The fraction of sp³-hybridized carbons (Fsp3) is 0.312. The van der Waals surface area contributed by atoms with E-state index in [4.69, 9.17) is 5.11 Å². The summed E-state index contributed by atoms with van der Waals surface area (Å²) < 4.78 is 9.26. The summed E-state index contributed by atoms with van der Waals surface area (Å²) in [7, 11) is 0. The minimum Gasteiger partial charge on any atom is -0.481 e. The molecule has 0 radical (unpaired) electrons. The van der Waals surface area contributed by atoms with Crippen LogP contribution < -0.4 is 0 Å². The standard InChI is InChI=1S/C10H14O6.3C2H4/c1-7(2)10(14)16-6-5-15-9(13)4-3-8(11)12;3*1-2/h1,3-6H2,2H3,(H,11,12);3*1-2H2. The zero-order valence-corrected chi connectivity index (χ0v) is 13.3. The van der Waals surface area contributed by atoms with Crippen molar-refractivity contribution in [3.8, 4) is 0 Å². The second-order valence-electron chi connectivity index (χ2n) is 3.03. The molecule has 6 nitrogen and oxygen atoms in total. The number of aliphatic carboxylic acids is 1. The second kappa shape index (κ2) is 23.5. The highest BCUT2D eigenvalue weighted by Gasteiger charge is 2.07. The minimum atomic E-state index is -1.06. The van der Waals surface area contributed by atoms with Crippen molar-refractivity contribution < 1.29 is 29.0 Å². The van der Waals surface area contributed by atoms with Gasteiger partial charge in [0, 0.05) is 5.57 Å². The van der Waals surface area contributed by atoms with Crippen molar-refractivity contribution >= 4 is 17.9 Å². The Hall–Kier alpha value is -2.63.